The van der Waals surface area contributed by atoms with Crippen molar-refractivity contribution in [2.75, 3.05) is 5.32 Å². The van der Waals surface area contributed by atoms with Gasteiger partial charge in [-0.25, -0.2) is 4.79 Å². The first-order valence-electron chi connectivity index (χ1n) is 5.76. The number of anilines is 1. The van der Waals surface area contributed by atoms with E-state index in [1.54, 1.807) is 0 Å². The van der Waals surface area contributed by atoms with Gasteiger partial charge in [0, 0.05) is 29.8 Å². The molecule has 2 N–H and O–H groups in total. The molecule has 0 saturated heterocycles. The fourth-order valence-corrected chi connectivity index (χ4v) is 1.44. The van der Waals surface area contributed by atoms with Crippen LogP contribution in [0.3, 0.4) is 0 Å². The summed E-state index contributed by atoms with van der Waals surface area (Å²) in [6, 6.07) is 5.26. The van der Waals surface area contributed by atoms with Gasteiger partial charge >= 0.3 is 12.0 Å². The summed E-state index contributed by atoms with van der Waals surface area (Å²) >= 11 is 0. The molecule has 0 saturated carbocycles. The van der Waals surface area contributed by atoms with Crippen LogP contribution in [-0.2, 0) is 9.59 Å². The molecule has 1 aromatic carbocycles. The number of aliphatic carboxylic acids is 1. The van der Waals surface area contributed by atoms with E-state index in [4.69, 9.17) is 9.52 Å². The van der Waals surface area contributed by atoms with Crippen LogP contribution in [0.4, 0.5) is 11.7 Å². The number of nitrogens with zero attached hydrogens (tertiary/aromatic N) is 3. The largest absolute Gasteiger partial charge is 0.478 e. The van der Waals surface area contributed by atoms with Gasteiger partial charge in [-0.1, -0.05) is 11.2 Å². The Morgan fingerprint density at radius 3 is 2.77 bits per heavy atom. The predicted octanol–water partition coefficient (Wildman–Crippen LogP) is 1.22. The molecule has 0 radical (unpaired) electrons. The average Bonchev–Trinajstić information content (AvgIpc) is 2.93. The van der Waals surface area contributed by atoms with Crippen LogP contribution in [0.5, 0.6) is 0 Å². The lowest BCUT2D eigenvalue weighted by Crippen LogP contribution is -2.08. The first-order chi connectivity index (χ1) is 10.5. The second-order valence-corrected chi connectivity index (χ2v) is 3.88. The van der Waals surface area contributed by atoms with Gasteiger partial charge in [-0.3, -0.25) is 20.2 Å². The van der Waals surface area contributed by atoms with Crippen molar-refractivity contribution >= 4 is 23.6 Å². The molecule has 112 valence electrons. The van der Waals surface area contributed by atoms with Crippen LogP contribution in [0.25, 0.3) is 11.5 Å². The van der Waals surface area contributed by atoms with Crippen LogP contribution in [0.2, 0.25) is 0 Å². The zero-order chi connectivity index (χ0) is 16.1. The molecule has 2 aromatic rings. The molecule has 0 atom stereocenters. The Hall–Kier alpha value is -3.56. The van der Waals surface area contributed by atoms with Crippen LogP contribution in [0.1, 0.15) is 0 Å². The molecule has 0 unspecified atom stereocenters. The number of nitro groups is 1. The Labute approximate surface area is 122 Å². The number of nitro benzene ring substituents is 1. The zero-order valence-electron chi connectivity index (χ0n) is 10.8. The lowest BCUT2D eigenvalue weighted by molar-refractivity contribution is -0.384. The topological polar surface area (TPSA) is 148 Å². The van der Waals surface area contributed by atoms with Crippen molar-refractivity contribution in [2.45, 2.75) is 0 Å². The van der Waals surface area contributed by atoms with Crippen molar-refractivity contribution in [3.05, 3.63) is 46.5 Å². The summed E-state index contributed by atoms with van der Waals surface area (Å²) < 4.78 is 5.12. The molecule has 1 amide bonds. The fourth-order valence-electron chi connectivity index (χ4n) is 1.44. The van der Waals surface area contributed by atoms with E-state index in [0.717, 1.165) is 6.08 Å². The van der Waals surface area contributed by atoms with Crippen LogP contribution in [0.15, 0.2) is 40.8 Å². The molecular weight excluding hydrogens is 296 g/mol. The third-order valence-corrected chi connectivity index (χ3v) is 2.34. The van der Waals surface area contributed by atoms with Gasteiger partial charge in [-0.2, -0.15) is 0 Å². The maximum absolute atomic E-state index is 11.3. The van der Waals surface area contributed by atoms with Gasteiger partial charge in [0.05, 0.1) is 4.92 Å². The Bertz CT molecular complexity index is 766. The summed E-state index contributed by atoms with van der Waals surface area (Å²) in [6.07, 6.45) is 1.42. The molecular formula is C12H8N4O6. The lowest BCUT2D eigenvalue weighted by atomic mass is 10.2. The lowest BCUT2D eigenvalue weighted by Gasteiger charge is -1.95. The third-order valence-electron chi connectivity index (χ3n) is 2.34. The number of carbonyl (C=O) groups is 2. The number of aromatic nitrogens is 2. The molecule has 0 bridgehead atoms. The number of amides is 1. The Kier molecular flexibility index (Phi) is 4.22. The van der Waals surface area contributed by atoms with E-state index >= 15 is 0 Å². The minimum atomic E-state index is -1.28. The first-order valence-corrected chi connectivity index (χ1v) is 5.76. The van der Waals surface area contributed by atoms with Crippen LogP contribution >= 0.6 is 0 Å². The Balaban J connectivity index is 2.14. The van der Waals surface area contributed by atoms with Gasteiger partial charge < -0.3 is 9.52 Å². The number of carbonyl (C=O) groups excluding carboxylic acids is 1. The summed E-state index contributed by atoms with van der Waals surface area (Å²) in [4.78, 5) is 31.7. The third kappa shape index (κ3) is 3.72. The molecule has 0 spiro atoms. The Morgan fingerprint density at radius 1 is 1.32 bits per heavy atom. The van der Waals surface area contributed by atoms with Gasteiger partial charge in [-0.05, 0) is 6.07 Å². The van der Waals surface area contributed by atoms with E-state index < -0.39 is 16.8 Å². The molecule has 0 aliphatic heterocycles. The van der Waals surface area contributed by atoms with Crippen molar-refractivity contribution in [2.24, 2.45) is 0 Å². The smallest absolute Gasteiger partial charge is 0.328 e. The molecule has 0 fully saturated rings. The minimum absolute atomic E-state index is 0.0267. The van der Waals surface area contributed by atoms with E-state index in [2.05, 4.69) is 15.5 Å². The highest BCUT2D eigenvalue weighted by Gasteiger charge is 2.13. The van der Waals surface area contributed by atoms with Crippen molar-refractivity contribution in [1.29, 1.82) is 0 Å². The standard InChI is InChI=1S/C12H8N4O6/c17-9(4-5-10(18)19)13-12-15-14-11(22-12)7-2-1-3-8(6-7)16(20)21/h1-6H,(H,18,19)(H,13,15,17)/b5-4-. The fraction of sp³-hybridized carbons (Fsp3) is 0. The SMILES string of the molecule is O=C(O)/C=C\C(=O)Nc1nnc(-c2cccc([N+](=O)[O-])c2)o1. The van der Waals surface area contributed by atoms with Gasteiger partial charge in [-0.15, -0.1) is 5.10 Å². The van der Waals surface area contributed by atoms with Gasteiger partial charge in [0.2, 0.25) is 5.89 Å². The molecule has 10 nitrogen and oxygen atoms in total. The molecule has 0 aliphatic carbocycles. The number of hydrogen-bond acceptors (Lipinski definition) is 7. The van der Waals surface area contributed by atoms with Gasteiger partial charge in [0.15, 0.2) is 0 Å². The highest BCUT2D eigenvalue weighted by atomic mass is 16.6. The normalized spacial score (nSPS) is 10.5. The summed E-state index contributed by atoms with van der Waals surface area (Å²) in [7, 11) is 0. The average molecular weight is 304 g/mol. The van der Waals surface area contributed by atoms with E-state index in [1.807, 2.05) is 0 Å². The number of nitrogens with one attached hydrogen (secondary N) is 1. The first kappa shape index (κ1) is 14.8. The number of benzene rings is 1. The number of hydrogen-bond donors (Lipinski definition) is 2. The Morgan fingerprint density at radius 2 is 2.09 bits per heavy atom. The van der Waals surface area contributed by atoms with Crippen LogP contribution in [-0.4, -0.2) is 32.1 Å². The molecule has 0 aliphatic rings. The number of carboxylic acid groups (broad SMARTS) is 1. The van der Waals surface area contributed by atoms with E-state index in [-0.39, 0.29) is 17.6 Å². The summed E-state index contributed by atoms with van der Waals surface area (Å²) in [5.74, 6) is -2.07. The number of non-ortho nitro benzene ring substituents is 1. The summed E-state index contributed by atoms with van der Waals surface area (Å²) in [5, 5.41) is 28.4. The van der Waals surface area contributed by atoms with E-state index in [9.17, 15) is 19.7 Å². The van der Waals surface area contributed by atoms with Gasteiger partial charge in [0.1, 0.15) is 0 Å². The van der Waals surface area contributed by atoms with Crippen LogP contribution in [0, 0.1) is 10.1 Å². The number of carboxylic acids is 1. The second-order valence-electron chi connectivity index (χ2n) is 3.88. The predicted molar refractivity (Wildman–Crippen MR) is 71.8 cm³/mol. The van der Waals surface area contributed by atoms with Crippen molar-refractivity contribution in [3.63, 3.8) is 0 Å². The molecule has 22 heavy (non-hydrogen) atoms. The summed E-state index contributed by atoms with van der Waals surface area (Å²) in [6.45, 7) is 0. The highest BCUT2D eigenvalue weighted by Crippen LogP contribution is 2.23. The quantitative estimate of drug-likeness (QED) is 0.475. The molecule has 2 rings (SSSR count). The van der Waals surface area contributed by atoms with Gasteiger partial charge in [0.25, 0.3) is 11.6 Å². The monoisotopic (exact) mass is 304 g/mol. The van der Waals surface area contributed by atoms with Crippen molar-refractivity contribution in [1.82, 2.24) is 10.2 Å². The van der Waals surface area contributed by atoms with Crippen molar-refractivity contribution < 1.29 is 24.0 Å². The molecule has 10 heteroatoms. The second kappa shape index (κ2) is 6.26. The maximum atomic E-state index is 11.3. The van der Waals surface area contributed by atoms with E-state index in [0.29, 0.717) is 11.6 Å². The van der Waals surface area contributed by atoms with Crippen molar-refractivity contribution in [3.8, 4) is 11.5 Å². The van der Waals surface area contributed by atoms with E-state index in [1.165, 1.54) is 24.3 Å². The number of rotatable bonds is 5. The molecule has 1 heterocycles. The molecule has 1 aromatic heterocycles. The summed E-state index contributed by atoms with van der Waals surface area (Å²) in [5.41, 5.74) is 0.161. The maximum Gasteiger partial charge on any atom is 0.328 e. The highest BCUT2D eigenvalue weighted by molar-refractivity contribution is 6.01. The van der Waals surface area contributed by atoms with Crippen LogP contribution < -0.4 is 5.32 Å². The minimum Gasteiger partial charge on any atom is -0.478 e. The zero-order valence-corrected chi connectivity index (χ0v) is 10.8.